The fourth-order valence-corrected chi connectivity index (χ4v) is 1.19. The molecular weight excluding hydrogens is 190 g/mol. The molecule has 0 aliphatic rings. The second-order valence-corrected chi connectivity index (χ2v) is 3.58. The molecule has 0 fully saturated rings. The topological polar surface area (TPSA) is 38.3 Å². The molecule has 1 aromatic rings. The predicted molar refractivity (Wildman–Crippen MR) is 60.8 cm³/mol. The molecule has 1 aromatic carbocycles. The van der Waals surface area contributed by atoms with Crippen LogP contribution in [0.15, 0.2) is 30.3 Å². The Bertz CT molecular complexity index is 296. The number of rotatable bonds is 5. The standard InChI is InChI=1S/C12H17NO2/c1-10(2)15-12(14)8-9-13-11-6-4-3-5-7-11/h3-7,10,13H,8-9H2,1-2H3. The van der Waals surface area contributed by atoms with Crippen molar-refractivity contribution in [3.05, 3.63) is 30.3 Å². The maximum absolute atomic E-state index is 11.2. The lowest BCUT2D eigenvalue weighted by molar-refractivity contribution is -0.147. The van der Waals surface area contributed by atoms with Crippen molar-refractivity contribution in [2.45, 2.75) is 26.4 Å². The third-order valence-electron chi connectivity index (χ3n) is 1.80. The number of anilines is 1. The Labute approximate surface area is 90.4 Å². The number of carbonyl (C=O) groups is 1. The molecule has 1 rings (SSSR count). The highest BCUT2D eigenvalue weighted by atomic mass is 16.5. The molecular formula is C12H17NO2. The Balaban J connectivity index is 2.19. The predicted octanol–water partition coefficient (Wildman–Crippen LogP) is 2.44. The average Bonchev–Trinajstić information content (AvgIpc) is 2.18. The summed E-state index contributed by atoms with van der Waals surface area (Å²) in [4.78, 5) is 11.2. The summed E-state index contributed by atoms with van der Waals surface area (Å²) in [6, 6.07) is 9.79. The van der Waals surface area contributed by atoms with Crippen LogP contribution in [0.5, 0.6) is 0 Å². The minimum absolute atomic E-state index is 0.0331. The van der Waals surface area contributed by atoms with Crippen molar-refractivity contribution in [3.8, 4) is 0 Å². The van der Waals surface area contributed by atoms with Gasteiger partial charge in [-0.15, -0.1) is 0 Å². The van der Waals surface area contributed by atoms with E-state index in [1.165, 1.54) is 0 Å². The molecule has 3 nitrogen and oxygen atoms in total. The zero-order valence-corrected chi connectivity index (χ0v) is 9.19. The van der Waals surface area contributed by atoms with Crippen molar-refractivity contribution >= 4 is 11.7 Å². The zero-order valence-electron chi connectivity index (χ0n) is 9.19. The maximum atomic E-state index is 11.2. The first-order valence-corrected chi connectivity index (χ1v) is 5.17. The van der Waals surface area contributed by atoms with Crippen LogP contribution >= 0.6 is 0 Å². The molecule has 0 saturated heterocycles. The Hall–Kier alpha value is -1.51. The van der Waals surface area contributed by atoms with E-state index in [1.807, 2.05) is 44.2 Å². The quantitative estimate of drug-likeness (QED) is 0.754. The number of hydrogen-bond donors (Lipinski definition) is 1. The van der Waals surface area contributed by atoms with Gasteiger partial charge in [-0.25, -0.2) is 0 Å². The molecule has 0 amide bonds. The van der Waals surface area contributed by atoms with Crippen LogP contribution < -0.4 is 5.32 Å². The van der Waals surface area contributed by atoms with Gasteiger partial charge in [-0.2, -0.15) is 0 Å². The first-order valence-electron chi connectivity index (χ1n) is 5.17. The number of esters is 1. The molecule has 0 atom stereocenters. The van der Waals surface area contributed by atoms with Gasteiger partial charge in [-0.1, -0.05) is 18.2 Å². The summed E-state index contributed by atoms with van der Waals surface area (Å²) in [5, 5.41) is 3.15. The molecule has 0 unspecified atom stereocenters. The lowest BCUT2D eigenvalue weighted by Crippen LogP contribution is -2.15. The van der Waals surface area contributed by atoms with E-state index in [9.17, 15) is 4.79 Å². The van der Waals surface area contributed by atoms with Gasteiger partial charge in [0.15, 0.2) is 0 Å². The Morgan fingerprint density at radius 1 is 1.33 bits per heavy atom. The van der Waals surface area contributed by atoms with Crippen LogP contribution in [-0.4, -0.2) is 18.6 Å². The highest BCUT2D eigenvalue weighted by molar-refractivity contribution is 5.70. The van der Waals surface area contributed by atoms with Crippen molar-refractivity contribution in [2.75, 3.05) is 11.9 Å². The molecule has 0 aromatic heterocycles. The van der Waals surface area contributed by atoms with Gasteiger partial charge in [0.1, 0.15) is 0 Å². The molecule has 0 radical (unpaired) electrons. The minimum Gasteiger partial charge on any atom is -0.463 e. The van der Waals surface area contributed by atoms with E-state index >= 15 is 0 Å². The molecule has 82 valence electrons. The lowest BCUT2D eigenvalue weighted by atomic mass is 10.3. The molecule has 0 spiro atoms. The highest BCUT2D eigenvalue weighted by Gasteiger charge is 2.04. The van der Waals surface area contributed by atoms with Crippen LogP contribution in [-0.2, 0) is 9.53 Å². The van der Waals surface area contributed by atoms with Gasteiger partial charge < -0.3 is 10.1 Å². The van der Waals surface area contributed by atoms with Crippen molar-refractivity contribution in [3.63, 3.8) is 0 Å². The summed E-state index contributed by atoms with van der Waals surface area (Å²) in [7, 11) is 0. The van der Waals surface area contributed by atoms with Crippen LogP contribution in [0, 0.1) is 0 Å². The molecule has 0 aliphatic heterocycles. The first kappa shape index (κ1) is 11.6. The van der Waals surface area contributed by atoms with E-state index in [0.717, 1.165) is 5.69 Å². The second kappa shape index (κ2) is 6.06. The number of ether oxygens (including phenoxy) is 1. The van der Waals surface area contributed by atoms with E-state index in [-0.39, 0.29) is 12.1 Å². The van der Waals surface area contributed by atoms with Gasteiger partial charge in [-0.3, -0.25) is 4.79 Å². The average molecular weight is 207 g/mol. The number of nitrogens with one attached hydrogen (secondary N) is 1. The molecule has 1 N–H and O–H groups in total. The fourth-order valence-electron chi connectivity index (χ4n) is 1.19. The van der Waals surface area contributed by atoms with Crippen molar-refractivity contribution in [2.24, 2.45) is 0 Å². The van der Waals surface area contributed by atoms with E-state index in [2.05, 4.69) is 5.32 Å². The maximum Gasteiger partial charge on any atom is 0.307 e. The van der Waals surface area contributed by atoms with Crippen molar-refractivity contribution in [1.82, 2.24) is 0 Å². The van der Waals surface area contributed by atoms with E-state index in [0.29, 0.717) is 13.0 Å². The zero-order chi connectivity index (χ0) is 11.1. The van der Waals surface area contributed by atoms with Gasteiger partial charge >= 0.3 is 5.97 Å². The third kappa shape index (κ3) is 5.05. The van der Waals surface area contributed by atoms with Crippen LogP contribution in [0.2, 0.25) is 0 Å². The number of carbonyl (C=O) groups excluding carboxylic acids is 1. The second-order valence-electron chi connectivity index (χ2n) is 3.58. The summed E-state index contributed by atoms with van der Waals surface area (Å²) in [6.07, 6.45) is 0.363. The van der Waals surface area contributed by atoms with E-state index < -0.39 is 0 Å². The minimum atomic E-state index is -0.159. The Kier molecular flexibility index (Phi) is 4.68. The lowest BCUT2D eigenvalue weighted by Gasteiger charge is -2.08. The Morgan fingerprint density at radius 2 is 2.00 bits per heavy atom. The van der Waals surface area contributed by atoms with Gasteiger partial charge in [0.25, 0.3) is 0 Å². The van der Waals surface area contributed by atoms with Gasteiger partial charge in [0.05, 0.1) is 12.5 Å². The van der Waals surface area contributed by atoms with Gasteiger partial charge in [0.2, 0.25) is 0 Å². The van der Waals surface area contributed by atoms with Crippen LogP contribution in [0.1, 0.15) is 20.3 Å². The van der Waals surface area contributed by atoms with Crippen LogP contribution in [0.25, 0.3) is 0 Å². The summed E-state index contributed by atoms with van der Waals surface area (Å²) >= 11 is 0. The molecule has 3 heteroatoms. The molecule has 0 aliphatic carbocycles. The monoisotopic (exact) mass is 207 g/mol. The van der Waals surface area contributed by atoms with E-state index in [1.54, 1.807) is 0 Å². The molecule has 0 bridgehead atoms. The number of hydrogen-bond acceptors (Lipinski definition) is 3. The number of benzene rings is 1. The van der Waals surface area contributed by atoms with Gasteiger partial charge in [-0.05, 0) is 26.0 Å². The fraction of sp³-hybridized carbons (Fsp3) is 0.417. The SMILES string of the molecule is CC(C)OC(=O)CCNc1ccccc1. The highest BCUT2D eigenvalue weighted by Crippen LogP contribution is 2.04. The van der Waals surface area contributed by atoms with Crippen LogP contribution in [0.4, 0.5) is 5.69 Å². The summed E-state index contributed by atoms with van der Waals surface area (Å²) in [5.41, 5.74) is 1.02. The molecule has 15 heavy (non-hydrogen) atoms. The van der Waals surface area contributed by atoms with Gasteiger partial charge in [0, 0.05) is 12.2 Å². The molecule has 0 heterocycles. The number of para-hydroxylation sites is 1. The largest absolute Gasteiger partial charge is 0.463 e. The Morgan fingerprint density at radius 3 is 2.60 bits per heavy atom. The molecule has 0 saturated carbocycles. The van der Waals surface area contributed by atoms with Crippen LogP contribution in [0.3, 0.4) is 0 Å². The van der Waals surface area contributed by atoms with E-state index in [4.69, 9.17) is 4.74 Å². The normalized spacial score (nSPS) is 10.1. The van der Waals surface area contributed by atoms with Crippen molar-refractivity contribution in [1.29, 1.82) is 0 Å². The first-order chi connectivity index (χ1) is 7.18. The summed E-state index contributed by atoms with van der Waals surface area (Å²) < 4.78 is 5.01. The third-order valence-corrected chi connectivity index (χ3v) is 1.80. The van der Waals surface area contributed by atoms with Crippen molar-refractivity contribution < 1.29 is 9.53 Å². The smallest absolute Gasteiger partial charge is 0.307 e. The summed E-state index contributed by atoms with van der Waals surface area (Å²) in [6.45, 7) is 4.31. The summed E-state index contributed by atoms with van der Waals surface area (Å²) in [5.74, 6) is -0.159.